The third kappa shape index (κ3) is 5.97. The Labute approximate surface area is 238 Å². The number of carbonyl (C=O) groups excluding carboxylic acids is 1. The molecule has 208 valence electrons. The van der Waals surface area contributed by atoms with E-state index in [-0.39, 0.29) is 11.7 Å². The summed E-state index contributed by atoms with van der Waals surface area (Å²) in [6.45, 7) is 9.51. The van der Waals surface area contributed by atoms with Crippen LogP contribution >= 0.6 is 0 Å². The second-order valence-electron chi connectivity index (χ2n) is 9.12. The number of halogens is 1. The number of nitrogens with one attached hydrogen (secondary N) is 1. The fraction of sp³-hybridized carbons (Fsp3) is 0.200. The van der Waals surface area contributed by atoms with Gasteiger partial charge in [0.15, 0.2) is 11.0 Å². The third-order valence-corrected chi connectivity index (χ3v) is 8.72. The Morgan fingerprint density at radius 3 is 2.38 bits per heavy atom. The molecule has 0 saturated heterocycles. The number of nitrogens with zero attached hydrogens (tertiary/aromatic N) is 3. The third-order valence-electron chi connectivity index (χ3n) is 6.49. The molecular weight excluding hydrogens is 547 g/mol. The number of carbonyl (C=O) groups is 1. The molecule has 0 radical (unpaired) electrons. The van der Waals surface area contributed by atoms with Crippen molar-refractivity contribution in [1.82, 2.24) is 19.1 Å². The summed E-state index contributed by atoms with van der Waals surface area (Å²) < 4.78 is 42.6. The first-order valence-corrected chi connectivity index (χ1v) is 15.3. The van der Waals surface area contributed by atoms with Crippen molar-refractivity contribution in [2.45, 2.75) is 43.0 Å². The highest BCUT2D eigenvalue weighted by molar-refractivity contribution is 7.84. The van der Waals surface area contributed by atoms with Gasteiger partial charge < -0.3 is 5.32 Å². The Bertz CT molecular complexity index is 1620. The van der Waals surface area contributed by atoms with Gasteiger partial charge in [0.05, 0.1) is 49.9 Å². The minimum Gasteiger partial charge on any atom is -0.344 e. The number of benzene rings is 2. The fourth-order valence-electron chi connectivity index (χ4n) is 4.34. The molecule has 1 N–H and O–H groups in total. The highest BCUT2D eigenvalue weighted by atomic mass is 32.2. The number of rotatable bonds is 10. The lowest BCUT2D eigenvalue weighted by Crippen LogP contribution is -2.30. The van der Waals surface area contributed by atoms with Crippen LogP contribution < -0.4 is 5.32 Å². The minimum absolute atomic E-state index is 0.357. The Kier molecular flexibility index (Phi) is 9.11. The van der Waals surface area contributed by atoms with Gasteiger partial charge in [-0.3, -0.25) is 13.0 Å². The second-order valence-corrected chi connectivity index (χ2v) is 11.9. The van der Waals surface area contributed by atoms with E-state index in [2.05, 4.69) is 17.0 Å². The lowest BCUT2D eigenvalue weighted by atomic mass is 10.0. The summed E-state index contributed by atoms with van der Waals surface area (Å²) >= 11 is 0. The van der Waals surface area contributed by atoms with Gasteiger partial charge >= 0.3 is 0 Å². The smallest absolute Gasteiger partial charge is 0.252 e. The molecule has 2 aromatic heterocycles. The van der Waals surface area contributed by atoms with Gasteiger partial charge in [0.2, 0.25) is 0 Å². The van der Waals surface area contributed by atoms with Gasteiger partial charge in [0.1, 0.15) is 5.82 Å². The van der Waals surface area contributed by atoms with Crippen LogP contribution in [0.1, 0.15) is 48.8 Å². The van der Waals surface area contributed by atoms with Gasteiger partial charge in [-0.1, -0.05) is 37.3 Å². The predicted octanol–water partition coefficient (Wildman–Crippen LogP) is 5.74. The molecule has 0 aliphatic rings. The molecular formula is C30H31FN4O3S2. The predicted molar refractivity (Wildman–Crippen MR) is 158 cm³/mol. The van der Waals surface area contributed by atoms with Gasteiger partial charge in [-0.25, -0.2) is 13.3 Å². The van der Waals surface area contributed by atoms with Crippen molar-refractivity contribution >= 4 is 39.3 Å². The molecule has 2 heterocycles. The van der Waals surface area contributed by atoms with Crippen LogP contribution in [0.3, 0.4) is 0 Å². The van der Waals surface area contributed by atoms with E-state index in [0.29, 0.717) is 44.4 Å². The maximum Gasteiger partial charge on any atom is 0.252 e. The van der Waals surface area contributed by atoms with Crippen LogP contribution in [-0.4, -0.2) is 34.3 Å². The summed E-state index contributed by atoms with van der Waals surface area (Å²) in [5.41, 5.74) is 3.77. The number of aryl methyl sites for hydroxylation is 1. The average molecular weight is 579 g/mol. The van der Waals surface area contributed by atoms with E-state index in [1.165, 1.54) is 12.1 Å². The topological polar surface area (TPSA) is 86.0 Å². The standard InChI is InChI=1S/C30H31FN4O3S2/c1-6-25(26-18-32-35(28(26)8-3)22-13-11-21(31)12-14-22)30(36)33-27(7-2)29-17-24(39(5)37)19-34(29)40(38)23-15-9-20(4)10-16-23/h6,8-19,27H,3,7H2,1-2,4-5H3,(H,33,36)/b25-6+/t27-,39?,40?/m1/s1. The van der Waals surface area contributed by atoms with Gasteiger partial charge in [-0.15, -0.1) is 0 Å². The zero-order valence-corrected chi connectivity index (χ0v) is 24.4. The van der Waals surface area contributed by atoms with Crippen molar-refractivity contribution < 1.29 is 17.6 Å². The first kappa shape index (κ1) is 29.1. The van der Waals surface area contributed by atoms with E-state index >= 15 is 0 Å². The minimum atomic E-state index is -1.61. The maximum atomic E-state index is 13.7. The largest absolute Gasteiger partial charge is 0.344 e. The van der Waals surface area contributed by atoms with Crippen molar-refractivity contribution in [2.75, 3.05) is 6.26 Å². The molecule has 0 aliphatic carbocycles. The highest BCUT2D eigenvalue weighted by Crippen LogP contribution is 2.28. The number of hydrogen-bond donors (Lipinski definition) is 1. The number of aromatic nitrogens is 3. The van der Waals surface area contributed by atoms with Crippen LogP contribution in [-0.2, 0) is 26.6 Å². The molecule has 7 nitrogen and oxygen atoms in total. The molecule has 4 aromatic rings. The summed E-state index contributed by atoms with van der Waals surface area (Å²) in [7, 11) is -2.92. The van der Waals surface area contributed by atoms with Gasteiger partial charge in [0.25, 0.3) is 5.91 Å². The molecule has 1 amide bonds. The van der Waals surface area contributed by atoms with Crippen LogP contribution in [0, 0.1) is 12.7 Å². The van der Waals surface area contributed by atoms with E-state index < -0.39 is 27.8 Å². The van der Waals surface area contributed by atoms with Gasteiger partial charge in [-0.2, -0.15) is 5.10 Å². The van der Waals surface area contributed by atoms with E-state index in [4.69, 9.17) is 0 Å². The summed E-state index contributed by atoms with van der Waals surface area (Å²) in [6, 6.07) is 14.4. The van der Waals surface area contributed by atoms with Crippen LogP contribution in [0.4, 0.5) is 4.39 Å². The number of allylic oxidation sites excluding steroid dienone is 1. The Hall–Kier alpha value is -3.89. The lowest BCUT2D eigenvalue weighted by molar-refractivity contribution is -0.116. The van der Waals surface area contributed by atoms with Crippen LogP contribution in [0.15, 0.2) is 89.4 Å². The van der Waals surface area contributed by atoms with Crippen molar-refractivity contribution in [2.24, 2.45) is 0 Å². The second kappa shape index (κ2) is 12.5. The maximum absolute atomic E-state index is 13.7. The summed E-state index contributed by atoms with van der Waals surface area (Å²) in [5.74, 6) is -0.720. The summed E-state index contributed by atoms with van der Waals surface area (Å²) in [5, 5.41) is 7.49. The van der Waals surface area contributed by atoms with Crippen LogP contribution in [0.5, 0.6) is 0 Å². The Morgan fingerprint density at radius 2 is 1.80 bits per heavy atom. The highest BCUT2D eigenvalue weighted by Gasteiger charge is 2.25. The van der Waals surface area contributed by atoms with Crippen molar-refractivity contribution in [1.29, 1.82) is 0 Å². The zero-order chi connectivity index (χ0) is 29.0. The molecule has 0 aliphatic heterocycles. The van der Waals surface area contributed by atoms with E-state index in [9.17, 15) is 17.6 Å². The lowest BCUT2D eigenvalue weighted by Gasteiger charge is -2.20. The molecule has 40 heavy (non-hydrogen) atoms. The molecule has 3 atom stereocenters. The molecule has 0 spiro atoms. The Balaban J connectivity index is 1.68. The quantitative estimate of drug-likeness (QED) is 0.243. The van der Waals surface area contributed by atoms with E-state index in [0.717, 1.165) is 5.56 Å². The van der Waals surface area contributed by atoms with E-state index in [1.807, 2.05) is 26.0 Å². The number of amides is 1. The number of hydrogen-bond acceptors (Lipinski definition) is 4. The zero-order valence-electron chi connectivity index (χ0n) is 22.8. The Morgan fingerprint density at radius 1 is 1.12 bits per heavy atom. The molecule has 4 rings (SSSR count). The summed E-state index contributed by atoms with van der Waals surface area (Å²) in [4.78, 5) is 14.8. The molecule has 2 unspecified atom stereocenters. The average Bonchev–Trinajstić information content (AvgIpc) is 3.58. The van der Waals surface area contributed by atoms with Crippen LogP contribution in [0.2, 0.25) is 0 Å². The molecule has 2 aromatic carbocycles. The van der Waals surface area contributed by atoms with Gasteiger partial charge in [0, 0.05) is 23.6 Å². The molecule has 0 bridgehead atoms. The van der Waals surface area contributed by atoms with Crippen molar-refractivity contribution in [3.05, 3.63) is 108 Å². The summed E-state index contributed by atoms with van der Waals surface area (Å²) in [6.07, 6.45) is 8.54. The normalized spacial score (nSPS) is 14.0. The van der Waals surface area contributed by atoms with Crippen molar-refractivity contribution in [3.63, 3.8) is 0 Å². The monoisotopic (exact) mass is 578 g/mol. The fourth-order valence-corrected chi connectivity index (χ4v) is 6.12. The SMILES string of the molecule is C=Cc1c(/C(=C\C)C(=O)N[C@H](CC)c2cc(S(C)=O)cn2S(=O)c2ccc(C)cc2)cnn1-c1ccc(F)cc1. The van der Waals surface area contributed by atoms with Crippen LogP contribution in [0.25, 0.3) is 17.3 Å². The molecule has 10 heteroatoms. The molecule has 0 fully saturated rings. The van der Waals surface area contributed by atoms with E-state index in [1.54, 1.807) is 76.7 Å². The molecule has 0 saturated carbocycles. The van der Waals surface area contributed by atoms with Crippen molar-refractivity contribution in [3.8, 4) is 5.69 Å². The first-order chi connectivity index (χ1) is 19.2. The van der Waals surface area contributed by atoms with Gasteiger partial charge in [-0.05, 0) is 68.8 Å². The first-order valence-electron chi connectivity index (χ1n) is 12.7.